The van der Waals surface area contributed by atoms with Crippen LogP contribution in [0.15, 0.2) is 12.1 Å². The van der Waals surface area contributed by atoms with Gasteiger partial charge in [-0.2, -0.15) is 4.31 Å². The van der Waals surface area contributed by atoms with Crippen molar-refractivity contribution in [3.63, 3.8) is 0 Å². The van der Waals surface area contributed by atoms with Gasteiger partial charge in [-0.15, -0.1) is 0 Å². The molecule has 2 rings (SSSR count). The van der Waals surface area contributed by atoms with E-state index in [0.29, 0.717) is 56.4 Å². The summed E-state index contributed by atoms with van der Waals surface area (Å²) in [7, 11) is 1.66. The van der Waals surface area contributed by atoms with Crippen LogP contribution in [0.2, 0.25) is 0 Å². The van der Waals surface area contributed by atoms with Crippen molar-refractivity contribution in [2.45, 2.75) is 19.9 Å². The van der Waals surface area contributed by atoms with Crippen molar-refractivity contribution in [1.29, 1.82) is 0 Å². The molecule has 1 fully saturated rings. The van der Waals surface area contributed by atoms with Gasteiger partial charge in [0.05, 0.1) is 27.1 Å². The molecule has 25 heavy (non-hydrogen) atoms. The van der Waals surface area contributed by atoms with Crippen LogP contribution < -0.4 is 14.2 Å². The van der Waals surface area contributed by atoms with Crippen LogP contribution in [0.1, 0.15) is 18.9 Å². The highest BCUT2D eigenvalue weighted by Gasteiger charge is 2.26. The zero-order chi connectivity index (χ0) is 18.4. The Labute approximate surface area is 150 Å². The molecule has 0 atom stereocenters. The highest BCUT2D eigenvalue weighted by atomic mass is 32.2. The lowest BCUT2D eigenvalue weighted by atomic mass is 10.1. The van der Waals surface area contributed by atoms with E-state index in [0.717, 1.165) is 5.56 Å². The van der Waals surface area contributed by atoms with Crippen molar-refractivity contribution < 1.29 is 22.6 Å². The maximum Gasteiger partial charge on any atom is 0.214 e. The van der Waals surface area contributed by atoms with Gasteiger partial charge in [-0.05, 0) is 24.1 Å². The summed E-state index contributed by atoms with van der Waals surface area (Å²) in [5.41, 5.74) is 1.04. The lowest BCUT2D eigenvalue weighted by Gasteiger charge is -2.34. The van der Waals surface area contributed by atoms with Gasteiger partial charge in [0, 0.05) is 32.7 Å². The molecular weight excluding hydrogens is 344 g/mol. The summed E-state index contributed by atoms with van der Waals surface area (Å²) >= 11 is 0. The van der Waals surface area contributed by atoms with Crippen LogP contribution in [-0.4, -0.2) is 70.9 Å². The van der Waals surface area contributed by atoms with E-state index in [2.05, 4.69) is 4.90 Å². The van der Waals surface area contributed by atoms with Gasteiger partial charge in [-0.3, -0.25) is 4.90 Å². The third kappa shape index (κ3) is 4.77. The predicted molar refractivity (Wildman–Crippen MR) is 97.0 cm³/mol. The monoisotopic (exact) mass is 372 g/mol. The molecule has 1 saturated heterocycles. The minimum absolute atomic E-state index is 0.222. The minimum atomic E-state index is -3.11. The van der Waals surface area contributed by atoms with Crippen molar-refractivity contribution in [2.75, 3.05) is 53.3 Å². The molecular formula is C17H28N2O5S. The fourth-order valence-corrected chi connectivity index (χ4v) is 4.53. The SMILES string of the molecule is CCCS(=O)(=O)N1CCN(Cc2cc(OC)c(OC)c(OC)c2)CC1. The molecule has 1 heterocycles. The molecule has 0 radical (unpaired) electrons. The van der Waals surface area contributed by atoms with Crippen LogP contribution >= 0.6 is 0 Å². The van der Waals surface area contributed by atoms with Gasteiger partial charge in [-0.1, -0.05) is 6.92 Å². The Hall–Kier alpha value is -1.51. The van der Waals surface area contributed by atoms with E-state index >= 15 is 0 Å². The van der Waals surface area contributed by atoms with E-state index in [1.165, 1.54) is 0 Å². The van der Waals surface area contributed by atoms with Gasteiger partial charge in [0.15, 0.2) is 11.5 Å². The lowest BCUT2D eigenvalue weighted by molar-refractivity contribution is 0.181. The van der Waals surface area contributed by atoms with Crippen LogP contribution in [-0.2, 0) is 16.6 Å². The van der Waals surface area contributed by atoms with Gasteiger partial charge < -0.3 is 14.2 Å². The Morgan fingerprint density at radius 3 is 1.96 bits per heavy atom. The fraction of sp³-hybridized carbons (Fsp3) is 0.647. The molecule has 0 aromatic heterocycles. The van der Waals surface area contributed by atoms with Crippen LogP contribution in [0.5, 0.6) is 17.2 Å². The Morgan fingerprint density at radius 2 is 1.52 bits per heavy atom. The van der Waals surface area contributed by atoms with Crippen LogP contribution in [0, 0.1) is 0 Å². The molecule has 1 aromatic rings. The second-order valence-electron chi connectivity index (χ2n) is 6.02. The summed E-state index contributed by atoms with van der Waals surface area (Å²) < 4.78 is 42.0. The van der Waals surface area contributed by atoms with E-state index in [9.17, 15) is 8.42 Å². The standard InChI is InChI=1S/C17H28N2O5S/c1-5-10-25(20,21)19-8-6-18(7-9-19)13-14-11-15(22-2)17(24-4)16(12-14)23-3/h11-12H,5-10,13H2,1-4H3. The lowest BCUT2D eigenvalue weighted by Crippen LogP contribution is -2.48. The second kappa shape index (κ2) is 8.73. The largest absolute Gasteiger partial charge is 0.493 e. The zero-order valence-electron chi connectivity index (χ0n) is 15.4. The average molecular weight is 372 g/mol. The summed E-state index contributed by atoms with van der Waals surface area (Å²) in [5.74, 6) is 2.05. The van der Waals surface area contributed by atoms with E-state index in [4.69, 9.17) is 14.2 Å². The first-order chi connectivity index (χ1) is 11.9. The summed E-state index contributed by atoms with van der Waals surface area (Å²) in [4.78, 5) is 2.23. The molecule has 0 unspecified atom stereocenters. The van der Waals surface area contributed by atoms with Crippen molar-refractivity contribution in [2.24, 2.45) is 0 Å². The number of hydrogen-bond acceptors (Lipinski definition) is 6. The molecule has 1 aliphatic heterocycles. The molecule has 1 aliphatic rings. The van der Waals surface area contributed by atoms with Crippen LogP contribution in [0.3, 0.4) is 0 Å². The predicted octanol–water partition coefficient (Wildman–Crippen LogP) is 1.57. The van der Waals surface area contributed by atoms with Crippen LogP contribution in [0.4, 0.5) is 0 Å². The maximum atomic E-state index is 12.1. The second-order valence-corrected chi connectivity index (χ2v) is 8.11. The Kier molecular flexibility index (Phi) is 6.92. The number of methoxy groups -OCH3 is 3. The van der Waals surface area contributed by atoms with E-state index < -0.39 is 10.0 Å². The number of hydrogen-bond donors (Lipinski definition) is 0. The first-order valence-corrected chi connectivity index (χ1v) is 10.0. The molecule has 8 heteroatoms. The summed E-state index contributed by atoms with van der Waals surface area (Å²) in [6.45, 7) is 5.08. The molecule has 142 valence electrons. The number of nitrogens with zero attached hydrogens (tertiary/aromatic N) is 2. The Balaban J connectivity index is 2.05. The average Bonchev–Trinajstić information content (AvgIpc) is 2.61. The first-order valence-electron chi connectivity index (χ1n) is 8.44. The Bertz CT molecular complexity index is 645. The summed E-state index contributed by atoms with van der Waals surface area (Å²) in [5, 5.41) is 0. The Morgan fingerprint density at radius 1 is 0.960 bits per heavy atom. The first kappa shape index (κ1) is 19.8. The van der Waals surface area contributed by atoms with Crippen molar-refractivity contribution in [3.8, 4) is 17.2 Å². The van der Waals surface area contributed by atoms with Gasteiger partial charge in [0.1, 0.15) is 0 Å². The third-order valence-electron chi connectivity index (χ3n) is 4.32. The molecule has 7 nitrogen and oxygen atoms in total. The van der Waals surface area contributed by atoms with E-state index in [1.54, 1.807) is 25.6 Å². The molecule has 0 N–H and O–H groups in total. The van der Waals surface area contributed by atoms with Crippen molar-refractivity contribution >= 4 is 10.0 Å². The molecule has 0 spiro atoms. The topological polar surface area (TPSA) is 68.3 Å². The smallest absolute Gasteiger partial charge is 0.214 e. The molecule has 0 aliphatic carbocycles. The van der Waals surface area contributed by atoms with E-state index in [-0.39, 0.29) is 5.75 Å². The van der Waals surface area contributed by atoms with Gasteiger partial charge in [-0.25, -0.2) is 8.42 Å². The van der Waals surface area contributed by atoms with Gasteiger partial charge in [0.2, 0.25) is 15.8 Å². The van der Waals surface area contributed by atoms with Gasteiger partial charge >= 0.3 is 0 Å². The molecule has 0 bridgehead atoms. The summed E-state index contributed by atoms with van der Waals surface area (Å²) in [6, 6.07) is 3.86. The number of benzene rings is 1. The minimum Gasteiger partial charge on any atom is -0.493 e. The quantitative estimate of drug-likeness (QED) is 0.690. The number of rotatable bonds is 8. The third-order valence-corrected chi connectivity index (χ3v) is 6.39. The highest BCUT2D eigenvalue weighted by Crippen LogP contribution is 2.38. The van der Waals surface area contributed by atoms with E-state index in [1.807, 2.05) is 19.1 Å². The maximum absolute atomic E-state index is 12.1. The van der Waals surface area contributed by atoms with Gasteiger partial charge in [0.25, 0.3) is 0 Å². The molecule has 0 amide bonds. The van der Waals surface area contributed by atoms with Crippen molar-refractivity contribution in [3.05, 3.63) is 17.7 Å². The molecule has 1 aromatic carbocycles. The number of piperazine rings is 1. The summed E-state index contributed by atoms with van der Waals surface area (Å²) in [6.07, 6.45) is 0.647. The zero-order valence-corrected chi connectivity index (χ0v) is 16.3. The molecule has 0 saturated carbocycles. The number of sulfonamides is 1. The normalized spacial score (nSPS) is 16.6. The van der Waals surface area contributed by atoms with Crippen LogP contribution in [0.25, 0.3) is 0 Å². The highest BCUT2D eigenvalue weighted by molar-refractivity contribution is 7.89. The number of ether oxygens (including phenoxy) is 3. The fourth-order valence-electron chi connectivity index (χ4n) is 3.04. The van der Waals surface area contributed by atoms with Crippen molar-refractivity contribution in [1.82, 2.24) is 9.21 Å².